The SMILES string of the molecule is CC/C=C\C/C=C\C/C=C\C/C=C\C/C=C\C/C=C\CCCCC(=O)OC(CO)COC(=O)CCCCCCCCCCCCCCCCCCCCCCCCC/C=C\C/C=C\C/C=C\C/C=C\C/C=C\CC. The summed E-state index contributed by atoms with van der Waals surface area (Å²) in [5.41, 5.74) is 0. The van der Waals surface area contributed by atoms with Crippen LogP contribution in [0.25, 0.3) is 0 Å². The van der Waals surface area contributed by atoms with Crippen molar-refractivity contribution in [3.05, 3.63) is 134 Å². The van der Waals surface area contributed by atoms with Gasteiger partial charge in [0, 0.05) is 12.8 Å². The van der Waals surface area contributed by atoms with E-state index in [1.807, 2.05) is 0 Å². The molecule has 1 unspecified atom stereocenters. The van der Waals surface area contributed by atoms with Crippen molar-refractivity contribution in [3.63, 3.8) is 0 Å². The van der Waals surface area contributed by atoms with Crippen molar-refractivity contribution in [1.29, 1.82) is 0 Å². The normalized spacial score (nSPS) is 13.2. The van der Waals surface area contributed by atoms with Crippen LogP contribution in [0, 0.1) is 0 Å². The summed E-state index contributed by atoms with van der Waals surface area (Å²) in [5, 5.41) is 9.65. The standard InChI is InChI=1S/C69H114O5/c1-3-5-7-9-11-13-15-17-19-21-23-25-26-27-28-29-30-31-32-33-34-35-36-37-38-39-40-41-42-44-45-47-49-51-53-55-57-59-61-63-68(71)73-66-67(65-70)74-69(72)64-62-60-58-56-54-52-50-48-46-43-24-22-20-18-16-14-12-10-8-6-4-2/h5-8,11-14,17-20,23-25,27-28,43,48,50,54,56,67,70H,3-4,9-10,15-16,21-22,26,29-42,44-47,49,51-53,55,57-66H2,1-2H3/b7-5-,8-6-,13-11-,14-12-,19-17-,20-18-,25-23-,28-27-,43-24-,50-48-,56-54-. The molecule has 0 saturated heterocycles. The predicted molar refractivity (Wildman–Crippen MR) is 324 cm³/mol. The Bertz CT molecular complexity index is 1530. The molecule has 0 aliphatic carbocycles. The van der Waals surface area contributed by atoms with Crippen LogP contribution in [0.3, 0.4) is 0 Å². The second kappa shape index (κ2) is 63.3. The van der Waals surface area contributed by atoms with Gasteiger partial charge in [-0.05, 0) is 109 Å². The van der Waals surface area contributed by atoms with Gasteiger partial charge in [-0.1, -0.05) is 282 Å². The lowest BCUT2D eigenvalue weighted by Gasteiger charge is -2.15. The molecule has 0 aliphatic rings. The van der Waals surface area contributed by atoms with Crippen molar-refractivity contribution in [2.45, 2.75) is 277 Å². The molecule has 0 aromatic carbocycles. The van der Waals surface area contributed by atoms with Gasteiger partial charge in [0.15, 0.2) is 6.10 Å². The number of carbonyl (C=O) groups excluding carboxylic acids is 2. The third-order valence-corrected chi connectivity index (χ3v) is 12.9. The highest BCUT2D eigenvalue weighted by Crippen LogP contribution is 2.17. The Labute approximate surface area is 457 Å². The smallest absolute Gasteiger partial charge is 0.306 e. The lowest BCUT2D eigenvalue weighted by atomic mass is 10.0. The summed E-state index contributed by atoms with van der Waals surface area (Å²) in [6.45, 7) is 3.88. The summed E-state index contributed by atoms with van der Waals surface area (Å²) in [7, 11) is 0. The Morgan fingerprint density at radius 1 is 0.311 bits per heavy atom. The van der Waals surface area contributed by atoms with Gasteiger partial charge in [-0.25, -0.2) is 0 Å². The number of esters is 2. The molecule has 1 N–H and O–H groups in total. The lowest BCUT2D eigenvalue weighted by Crippen LogP contribution is -2.28. The first-order valence-electron chi connectivity index (χ1n) is 30.7. The number of rotatable bonds is 55. The van der Waals surface area contributed by atoms with Crippen molar-refractivity contribution in [1.82, 2.24) is 0 Å². The van der Waals surface area contributed by atoms with E-state index in [2.05, 4.69) is 148 Å². The Kier molecular flexibility index (Phi) is 59.9. The van der Waals surface area contributed by atoms with E-state index < -0.39 is 6.10 Å². The van der Waals surface area contributed by atoms with Crippen LogP contribution in [0.2, 0.25) is 0 Å². The molecule has 420 valence electrons. The van der Waals surface area contributed by atoms with Crippen molar-refractivity contribution in [2.24, 2.45) is 0 Å². The van der Waals surface area contributed by atoms with Gasteiger partial charge in [-0.2, -0.15) is 0 Å². The van der Waals surface area contributed by atoms with Crippen molar-refractivity contribution in [3.8, 4) is 0 Å². The number of aliphatic hydroxyl groups is 1. The molecule has 74 heavy (non-hydrogen) atoms. The van der Waals surface area contributed by atoms with Gasteiger partial charge in [0.1, 0.15) is 6.61 Å². The molecule has 5 heteroatoms. The molecule has 0 saturated carbocycles. The third kappa shape index (κ3) is 60.6. The summed E-state index contributed by atoms with van der Waals surface area (Å²) >= 11 is 0. The highest BCUT2D eigenvalue weighted by molar-refractivity contribution is 5.70. The van der Waals surface area contributed by atoms with Gasteiger partial charge in [-0.3, -0.25) is 9.59 Å². The summed E-state index contributed by atoms with van der Waals surface area (Å²) in [6.07, 6.45) is 94.6. The van der Waals surface area contributed by atoms with E-state index in [0.29, 0.717) is 12.8 Å². The molecule has 0 aromatic rings. The monoisotopic (exact) mass is 1020 g/mol. The molecule has 0 radical (unpaired) electrons. The number of aliphatic hydroxyl groups excluding tert-OH is 1. The quantitative estimate of drug-likeness (QED) is 0.0373. The zero-order valence-corrected chi connectivity index (χ0v) is 48.1. The maximum atomic E-state index is 12.3. The molecular formula is C69H114O5. The van der Waals surface area contributed by atoms with Gasteiger partial charge < -0.3 is 14.6 Å². The minimum Gasteiger partial charge on any atom is -0.462 e. The summed E-state index contributed by atoms with van der Waals surface area (Å²) in [4.78, 5) is 24.5. The van der Waals surface area contributed by atoms with Crippen LogP contribution in [-0.4, -0.2) is 36.4 Å². The van der Waals surface area contributed by atoms with E-state index in [9.17, 15) is 14.7 Å². The average Bonchev–Trinajstić information content (AvgIpc) is 3.40. The number of unbranched alkanes of at least 4 members (excludes halogenated alkanes) is 25. The maximum absolute atomic E-state index is 12.3. The van der Waals surface area contributed by atoms with Gasteiger partial charge in [0.05, 0.1) is 6.61 Å². The number of hydrogen-bond acceptors (Lipinski definition) is 5. The first-order valence-corrected chi connectivity index (χ1v) is 30.7. The van der Waals surface area contributed by atoms with Crippen molar-refractivity contribution >= 4 is 11.9 Å². The first-order chi connectivity index (χ1) is 36.6. The van der Waals surface area contributed by atoms with Gasteiger partial charge in [0.25, 0.3) is 0 Å². The van der Waals surface area contributed by atoms with E-state index in [0.717, 1.165) is 109 Å². The van der Waals surface area contributed by atoms with Crippen LogP contribution >= 0.6 is 0 Å². The molecule has 0 amide bonds. The molecule has 0 spiro atoms. The highest BCUT2D eigenvalue weighted by Gasteiger charge is 2.16. The largest absolute Gasteiger partial charge is 0.462 e. The second-order valence-corrected chi connectivity index (χ2v) is 20.0. The van der Waals surface area contributed by atoms with E-state index >= 15 is 0 Å². The topological polar surface area (TPSA) is 72.8 Å². The number of hydrogen-bond donors (Lipinski definition) is 1. The molecule has 0 rings (SSSR count). The minimum atomic E-state index is -0.803. The van der Waals surface area contributed by atoms with Crippen LogP contribution in [0.5, 0.6) is 0 Å². The summed E-state index contributed by atoms with van der Waals surface area (Å²) in [6, 6.07) is 0. The number of allylic oxidation sites excluding steroid dienone is 22. The first kappa shape index (κ1) is 70.0. The fourth-order valence-electron chi connectivity index (χ4n) is 8.41. The van der Waals surface area contributed by atoms with Crippen molar-refractivity contribution < 1.29 is 24.2 Å². The Morgan fingerprint density at radius 3 is 0.838 bits per heavy atom. The Morgan fingerprint density at radius 2 is 0.541 bits per heavy atom. The van der Waals surface area contributed by atoms with E-state index in [-0.39, 0.29) is 25.2 Å². The average molecular weight is 1020 g/mol. The summed E-state index contributed by atoms with van der Waals surface area (Å²) in [5.74, 6) is -0.640. The summed E-state index contributed by atoms with van der Waals surface area (Å²) < 4.78 is 10.7. The molecular weight excluding hydrogens is 909 g/mol. The minimum absolute atomic E-state index is 0.0881. The van der Waals surface area contributed by atoms with Gasteiger partial charge in [0.2, 0.25) is 0 Å². The van der Waals surface area contributed by atoms with Crippen LogP contribution < -0.4 is 0 Å². The molecule has 0 fully saturated rings. The zero-order valence-electron chi connectivity index (χ0n) is 48.1. The van der Waals surface area contributed by atoms with Crippen molar-refractivity contribution in [2.75, 3.05) is 13.2 Å². The van der Waals surface area contributed by atoms with Gasteiger partial charge in [-0.15, -0.1) is 0 Å². The molecule has 0 aliphatic heterocycles. The van der Waals surface area contributed by atoms with E-state index in [1.165, 1.54) is 135 Å². The fraction of sp³-hybridized carbons (Fsp3) is 0.652. The zero-order chi connectivity index (χ0) is 53.4. The molecule has 0 bridgehead atoms. The number of carbonyl (C=O) groups is 2. The van der Waals surface area contributed by atoms with E-state index in [1.54, 1.807) is 0 Å². The maximum Gasteiger partial charge on any atom is 0.306 e. The molecule has 1 atom stereocenters. The number of ether oxygens (including phenoxy) is 2. The highest BCUT2D eigenvalue weighted by atomic mass is 16.6. The van der Waals surface area contributed by atoms with Crippen LogP contribution in [0.4, 0.5) is 0 Å². The molecule has 0 aromatic heterocycles. The predicted octanol–water partition coefficient (Wildman–Crippen LogP) is 21.2. The Balaban J connectivity index is 3.49. The molecule has 0 heterocycles. The van der Waals surface area contributed by atoms with Crippen LogP contribution in [0.15, 0.2) is 134 Å². The van der Waals surface area contributed by atoms with Crippen LogP contribution in [0.1, 0.15) is 271 Å². The lowest BCUT2D eigenvalue weighted by molar-refractivity contribution is -0.161. The van der Waals surface area contributed by atoms with E-state index in [4.69, 9.17) is 9.47 Å². The third-order valence-electron chi connectivity index (χ3n) is 12.9. The fourth-order valence-corrected chi connectivity index (χ4v) is 8.41. The second-order valence-electron chi connectivity index (χ2n) is 20.0. The Hall–Kier alpha value is -3.96. The van der Waals surface area contributed by atoms with Crippen LogP contribution in [-0.2, 0) is 19.1 Å². The molecule has 5 nitrogen and oxygen atoms in total. The van der Waals surface area contributed by atoms with Gasteiger partial charge >= 0.3 is 11.9 Å².